The molecule has 0 radical (unpaired) electrons. The number of thioether (sulfide) groups is 1. The lowest BCUT2D eigenvalue weighted by molar-refractivity contribution is -0.117. The van der Waals surface area contributed by atoms with E-state index in [0.717, 1.165) is 11.1 Å². The first kappa shape index (κ1) is 21.2. The van der Waals surface area contributed by atoms with Crippen LogP contribution in [0.4, 0.5) is 5.69 Å². The molecule has 2 heterocycles. The number of hydrogen-bond acceptors (Lipinski definition) is 5. The second-order valence-electron chi connectivity index (χ2n) is 7.44. The number of amidine groups is 1. The van der Waals surface area contributed by atoms with Crippen molar-refractivity contribution in [2.75, 3.05) is 23.5 Å². The summed E-state index contributed by atoms with van der Waals surface area (Å²) in [5.41, 5.74) is 2.58. The topological polar surface area (TPSA) is 76.0 Å². The lowest BCUT2D eigenvalue weighted by atomic mass is 10.1. The molecule has 0 aliphatic carbocycles. The van der Waals surface area contributed by atoms with Crippen LogP contribution in [0.5, 0.6) is 5.75 Å². The molecule has 2 aromatic rings. The first-order valence-corrected chi connectivity index (χ1v) is 12.5. The van der Waals surface area contributed by atoms with Gasteiger partial charge in [0.15, 0.2) is 15.0 Å². The summed E-state index contributed by atoms with van der Waals surface area (Å²) >= 11 is 7.54. The molecule has 2 atom stereocenters. The van der Waals surface area contributed by atoms with Crippen molar-refractivity contribution in [3.63, 3.8) is 0 Å². The van der Waals surface area contributed by atoms with Crippen molar-refractivity contribution in [3.8, 4) is 5.75 Å². The predicted molar refractivity (Wildman–Crippen MR) is 122 cm³/mol. The third-order valence-electron chi connectivity index (χ3n) is 5.13. The number of carbonyl (C=O) groups is 1. The Kier molecular flexibility index (Phi) is 5.83. The molecule has 30 heavy (non-hydrogen) atoms. The summed E-state index contributed by atoms with van der Waals surface area (Å²) in [5.74, 6) is 0.332. The molecule has 2 saturated heterocycles. The van der Waals surface area contributed by atoms with Crippen molar-refractivity contribution < 1.29 is 17.9 Å². The van der Waals surface area contributed by atoms with Gasteiger partial charge in [-0.1, -0.05) is 53.2 Å². The highest BCUT2D eigenvalue weighted by Crippen LogP contribution is 2.44. The second-order valence-corrected chi connectivity index (χ2v) is 11.2. The zero-order chi connectivity index (χ0) is 21.5. The van der Waals surface area contributed by atoms with Gasteiger partial charge >= 0.3 is 0 Å². The van der Waals surface area contributed by atoms with Gasteiger partial charge in [-0.25, -0.2) is 8.42 Å². The smallest absolute Gasteiger partial charge is 0.252 e. The van der Waals surface area contributed by atoms with E-state index in [2.05, 4.69) is 4.99 Å². The number of hydrogen-bond donors (Lipinski definition) is 0. The SMILES string of the molecule is COc1ccc(Cl)cc1N1C(=NC(=O)Cc2cccc(C)c2)S[C@@H]2CS(=O)(=O)C[C@H]21. The summed E-state index contributed by atoms with van der Waals surface area (Å²) in [5, 5.41) is 0.785. The number of aliphatic imine (C=N–C) groups is 1. The Labute approximate surface area is 185 Å². The van der Waals surface area contributed by atoms with Gasteiger partial charge in [0.1, 0.15) is 5.75 Å². The van der Waals surface area contributed by atoms with Crippen LogP contribution in [0.3, 0.4) is 0 Å². The Bertz CT molecular complexity index is 1130. The van der Waals surface area contributed by atoms with Crippen molar-refractivity contribution in [2.45, 2.75) is 24.6 Å². The highest BCUT2D eigenvalue weighted by molar-refractivity contribution is 8.16. The number of benzene rings is 2. The fourth-order valence-corrected chi connectivity index (χ4v) is 7.93. The standard InChI is InChI=1S/C21H21ClN2O4S2/c1-13-4-3-5-14(8-13)9-20(25)23-21-24(16-10-15(22)6-7-18(16)28-2)17-11-30(26,27)12-19(17)29-21/h3-8,10,17,19H,9,11-12H2,1-2H3/t17-,19-/m1/s1. The van der Waals surface area contributed by atoms with Crippen LogP contribution in [0.2, 0.25) is 5.02 Å². The van der Waals surface area contributed by atoms with E-state index in [9.17, 15) is 13.2 Å². The summed E-state index contributed by atoms with van der Waals surface area (Å²) in [6.07, 6.45) is 0.180. The molecule has 0 N–H and O–H groups in total. The molecule has 6 nitrogen and oxygen atoms in total. The summed E-state index contributed by atoms with van der Waals surface area (Å²) in [6, 6.07) is 12.6. The van der Waals surface area contributed by atoms with Crippen LogP contribution < -0.4 is 9.64 Å². The molecule has 158 valence electrons. The number of rotatable bonds is 4. The highest BCUT2D eigenvalue weighted by atomic mass is 35.5. The molecule has 0 bridgehead atoms. The van der Waals surface area contributed by atoms with Crippen LogP contribution in [0.25, 0.3) is 0 Å². The Morgan fingerprint density at radius 3 is 2.80 bits per heavy atom. The van der Waals surface area contributed by atoms with E-state index in [1.165, 1.54) is 11.8 Å². The van der Waals surface area contributed by atoms with Crippen LogP contribution in [0, 0.1) is 6.92 Å². The number of anilines is 1. The fraction of sp³-hybridized carbons (Fsp3) is 0.333. The maximum atomic E-state index is 12.7. The van der Waals surface area contributed by atoms with Crippen molar-refractivity contribution in [3.05, 3.63) is 58.6 Å². The van der Waals surface area contributed by atoms with Crippen molar-refractivity contribution >= 4 is 50.0 Å². The number of amides is 1. The minimum absolute atomic E-state index is 0.00538. The molecule has 0 spiro atoms. The highest BCUT2D eigenvalue weighted by Gasteiger charge is 2.50. The van der Waals surface area contributed by atoms with Gasteiger partial charge in [-0.2, -0.15) is 4.99 Å². The molecule has 2 fully saturated rings. The number of sulfone groups is 1. The van der Waals surface area contributed by atoms with Gasteiger partial charge in [0.2, 0.25) is 0 Å². The molecule has 2 aliphatic rings. The zero-order valence-corrected chi connectivity index (χ0v) is 18.9. The quantitative estimate of drug-likeness (QED) is 0.689. The van der Waals surface area contributed by atoms with Crippen LogP contribution in [0.15, 0.2) is 47.5 Å². The monoisotopic (exact) mass is 464 g/mol. The van der Waals surface area contributed by atoms with E-state index in [1.807, 2.05) is 31.2 Å². The van der Waals surface area contributed by atoms with Crippen LogP contribution in [-0.2, 0) is 21.1 Å². The average molecular weight is 465 g/mol. The summed E-state index contributed by atoms with van der Waals surface area (Å²) < 4.78 is 30.0. The van der Waals surface area contributed by atoms with Gasteiger partial charge in [0.05, 0.1) is 36.8 Å². The van der Waals surface area contributed by atoms with Crippen molar-refractivity contribution in [1.82, 2.24) is 0 Å². The molecule has 0 aromatic heterocycles. The van der Waals surface area contributed by atoms with Gasteiger partial charge < -0.3 is 9.64 Å². The molecule has 0 unspecified atom stereocenters. The molecular weight excluding hydrogens is 444 g/mol. The summed E-state index contributed by atoms with van der Waals surface area (Å²) in [6.45, 7) is 1.97. The van der Waals surface area contributed by atoms with E-state index >= 15 is 0 Å². The number of ether oxygens (including phenoxy) is 1. The summed E-state index contributed by atoms with van der Waals surface area (Å²) in [4.78, 5) is 18.9. The maximum absolute atomic E-state index is 12.7. The minimum Gasteiger partial charge on any atom is -0.495 e. The average Bonchev–Trinajstić information content (AvgIpc) is 3.12. The Morgan fingerprint density at radius 2 is 2.07 bits per heavy atom. The number of carbonyl (C=O) groups excluding carboxylic acids is 1. The molecule has 9 heteroatoms. The molecule has 2 aliphatic heterocycles. The molecule has 4 rings (SSSR count). The molecule has 2 aromatic carbocycles. The van der Waals surface area contributed by atoms with E-state index in [0.29, 0.717) is 21.6 Å². The molecule has 1 amide bonds. The molecule has 0 saturated carbocycles. The van der Waals surface area contributed by atoms with Crippen molar-refractivity contribution in [1.29, 1.82) is 0 Å². The van der Waals surface area contributed by atoms with Crippen LogP contribution in [0.1, 0.15) is 11.1 Å². The van der Waals surface area contributed by atoms with Crippen LogP contribution in [-0.4, -0.2) is 49.4 Å². The minimum atomic E-state index is -3.16. The Morgan fingerprint density at radius 1 is 1.27 bits per heavy atom. The largest absolute Gasteiger partial charge is 0.495 e. The first-order chi connectivity index (χ1) is 14.3. The third kappa shape index (κ3) is 4.36. The lowest BCUT2D eigenvalue weighted by Gasteiger charge is -2.26. The first-order valence-electron chi connectivity index (χ1n) is 9.42. The zero-order valence-electron chi connectivity index (χ0n) is 16.5. The van der Waals surface area contributed by atoms with Gasteiger partial charge in [-0.05, 0) is 30.7 Å². The van der Waals surface area contributed by atoms with Gasteiger partial charge in [0.25, 0.3) is 5.91 Å². The lowest BCUT2D eigenvalue weighted by Crippen LogP contribution is -2.38. The van der Waals surface area contributed by atoms with Gasteiger partial charge in [-0.3, -0.25) is 4.79 Å². The second kappa shape index (κ2) is 8.24. The fourth-order valence-electron chi connectivity index (χ4n) is 3.84. The van der Waals surface area contributed by atoms with Crippen molar-refractivity contribution in [2.24, 2.45) is 4.99 Å². The number of methoxy groups -OCH3 is 1. The predicted octanol–water partition coefficient (Wildman–Crippen LogP) is 3.50. The maximum Gasteiger partial charge on any atom is 0.252 e. The van der Waals surface area contributed by atoms with E-state index in [1.54, 1.807) is 30.2 Å². The van der Waals surface area contributed by atoms with E-state index in [-0.39, 0.29) is 35.1 Å². The van der Waals surface area contributed by atoms with E-state index < -0.39 is 9.84 Å². The van der Waals surface area contributed by atoms with Gasteiger partial charge in [0, 0.05) is 10.3 Å². The number of aryl methyl sites for hydroxylation is 1. The number of halogens is 1. The number of nitrogens with zero attached hydrogens (tertiary/aromatic N) is 2. The third-order valence-corrected chi connectivity index (χ3v) is 8.57. The number of fused-ring (bicyclic) bond motifs is 1. The Hall–Kier alpha value is -2.03. The van der Waals surface area contributed by atoms with Gasteiger partial charge in [-0.15, -0.1) is 0 Å². The van der Waals surface area contributed by atoms with E-state index in [4.69, 9.17) is 16.3 Å². The normalized spacial score (nSPS) is 23.6. The van der Waals surface area contributed by atoms with Crippen LogP contribution >= 0.6 is 23.4 Å². The Balaban J connectivity index is 1.70. The molecular formula is C21H21ClN2O4S2. The summed E-state index contributed by atoms with van der Waals surface area (Å²) in [7, 11) is -1.62.